The summed E-state index contributed by atoms with van der Waals surface area (Å²) in [6.45, 7) is 10.4. The van der Waals surface area contributed by atoms with Crippen LogP contribution in [0.25, 0.3) is 4.85 Å². The highest BCUT2D eigenvalue weighted by atomic mass is 14.6. The summed E-state index contributed by atoms with van der Waals surface area (Å²) in [5.74, 6) is 0. The molecular formula is C6H9N. The third kappa shape index (κ3) is 3.05. The molecule has 0 fully saturated rings. The van der Waals surface area contributed by atoms with Crippen molar-refractivity contribution in [2.75, 3.05) is 0 Å². The Morgan fingerprint density at radius 2 is 2.43 bits per heavy atom. The van der Waals surface area contributed by atoms with Gasteiger partial charge < -0.3 is 0 Å². The van der Waals surface area contributed by atoms with E-state index >= 15 is 0 Å². The second kappa shape index (κ2) is 3.42. The van der Waals surface area contributed by atoms with E-state index in [-0.39, 0.29) is 0 Å². The molecule has 7 heavy (non-hydrogen) atoms. The molecular weight excluding hydrogens is 86.1 g/mol. The molecule has 0 heterocycles. The van der Waals surface area contributed by atoms with Crippen LogP contribution in [-0.2, 0) is 0 Å². The van der Waals surface area contributed by atoms with Gasteiger partial charge in [-0.15, -0.1) is 0 Å². The van der Waals surface area contributed by atoms with E-state index in [9.17, 15) is 0 Å². The van der Waals surface area contributed by atoms with Gasteiger partial charge >= 0.3 is 0 Å². The van der Waals surface area contributed by atoms with Crippen molar-refractivity contribution in [2.24, 2.45) is 0 Å². The number of nitrogens with zero attached hydrogens (tertiary/aromatic N) is 1. The molecule has 0 aliphatic carbocycles. The summed E-state index contributed by atoms with van der Waals surface area (Å²) in [6.07, 6.45) is 2.54. The van der Waals surface area contributed by atoms with Crippen molar-refractivity contribution in [3.63, 3.8) is 0 Å². The van der Waals surface area contributed by atoms with Crippen molar-refractivity contribution in [3.8, 4) is 0 Å². The molecule has 0 atom stereocenters. The minimum Gasteiger partial charge on any atom is -0.246 e. The van der Waals surface area contributed by atoms with Crippen molar-refractivity contribution in [2.45, 2.75) is 20.3 Å². The van der Waals surface area contributed by atoms with Crippen LogP contribution in [-0.4, -0.2) is 0 Å². The summed E-state index contributed by atoms with van der Waals surface area (Å²) < 4.78 is 0. The van der Waals surface area contributed by atoms with Crippen LogP contribution < -0.4 is 0 Å². The molecule has 38 valence electrons. The lowest BCUT2D eigenvalue weighted by molar-refractivity contribution is 1.10. The molecule has 1 nitrogen and oxygen atoms in total. The Hall–Kier alpha value is -0.770. The Morgan fingerprint density at radius 3 is 2.57 bits per heavy atom. The minimum absolute atomic E-state index is 0.988. The fourth-order valence-electron chi connectivity index (χ4n) is 0.201. The molecule has 1 heteroatoms. The Balaban J connectivity index is 3.56. The van der Waals surface area contributed by atoms with E-state index in [4.69, 9.17) is 6.57 Å². The summed E-state index contributed by atoms with van der Waals surface area (Å²) in [5, 5.41) is 0. The maximum atomic E-state index is 6.38. The standard InChI is InChI=1S/C6H9N/c1-4-6(2)5-7-3/h5H,4H2,1-2H3. The van der Waals surface area contributed by atoms with E-state index in [0.717, 1.165) is 12.0 Å². The fourth-order valence-corrected chi connectivity index (χ4v) is 0.201. The van der Waals surface area contributed by atoms with Gasteiger partial charge in [0.05, 0.1) is 6.57 Å². The van der Waals surface area contributed by atoms with Crippen molar-refractivity contribution < 1.29 is 0 Å². The van der Waals surface area contributed by atoms with Crippen LogP contribution in [0.4, 0.5) is 0 Å². The topological polar surface area (TPSA) is 4.36 Å². The molecule has 0 rings (SSSR count). The van der Waals surface area contributed by atoms with Gasteiger partial charge in [-0.05, 0) is 6.42 Å². The lowest BCUT2D eigenvalue weighted by Crippen LogP contribution is -1.64. The van der Waals surface area contributed by atoms with Crippen molar-refractivity contribution in [1.29, 1.82) is 0 Å². The van der Waals surface area contributed by atoms with Gasteiger partial charge in [0.1, 0.15) is 0 Å². The second-order valence-electron chi connectivity index (χ2n) is 1.46. The predicted octanol–water partition coefficient (Wildman–Crippen LogP) is 2.22. The van der Waals surface area contributed by atoms with Crippen LogP contribution in [0.3, 0.4) is 0 Å². The molecule has 0 saturated carbocycles. The first kappa shape index (κ1) is 6.23. The maximum Gasteiger partial charge on any atom is 0.153 e. The third-order valence-electron chi connectivity index (χ3n) is 0.843. The summed E-state index contributed by atoms with van der Waals surface area (Å²) in [5.41, 5.74) is 1.15. The molecule has 0 amide bonds. The summed E-state index contributed by atoms with van der Waals surface area (Å²) in [4.78, 5) is 3.09. The van der Waals surface area contributed by atoms with Crippen LogP contribution in [0.1, 0.15) is 20.3 Å². The predicted molar refractivity (Wildman–Crippen MR) is 30.6 cm³/mol. The molecule has 0 saturated heterocycles. The molecule has 0 aromatic rings. The van der Waals surface area contributed by atoms with Gasteiger partial charge in [-0.3, -0.25) is 0 Å². The molecule has 0 spiro atoms. The zero-order chi connectivity index (χ0) is 5.70. The van der Waals surface area contributed by atoms with Gasteiger partial charge in [-0.1, -0.05) is 19.4 Å². The number of rotatable bonds is 1. The van der Waals surface area contributed by atoms with Crippen LogP contribution in [0.2, 0.25) is 0 Å². The largest absolute Gasteiger partial charge is 0.246 e. The van der Waals surface area contributed by atoms with Gasteiger partial charge in [0, 0.05) is 0 Å². The van der Waals surface area contributed by atoms with Gasteiger partial charge in [0.25, 0.3) is 0 Å². The Morgan fingerprint density at radius 1 is 1.86 bits per heavy atom. The quantitative estimate of drug-likeness (QED) is 0.440. The van der Waals surface area contributed by atoms with E-state index in [1.54, 1.807) is 6.20 Å². The van der Waals surface area contributed by atoms with E-state index in [1.165, 1.54) is 0 Å². The Kier molecular flexibility index (Phi) is 3.04. The van der Waals surface area contributed by atoms with Crippen molar-refractivity contribution >= 4 is 0 Å². The SMILES string of the molecule is [C-]#[N+]C=C(C)CC. The summed E-state index contributed by atoms with van der Waals surface area (Å²) >= 11 is 0. The van der Waals surface area contributed by atoms with Crippen LogP contribution in [0, 0.1) is 6.57 Å². The molecule has 0 N–H and O–H groups in total. The van der Waals surface area contributed by atoms with Gasteiger partial charge in [0.2, 0.25) is 0 Å². The number of allylic oxidation sites excluding steroid dienone is 1. The molecule has 0 unspecified atom stereocenters. The van der Waals surface area contributed by atoms with Crippen LogP contribution in [0.15, 0.2) is 11.8 Å². The first-order valence-corrected chi connectivity index (χ1v) is 2.33. The van der Waals surface area contributed by atoms with Crippen LogP contribution in [0.5, 0.6) is 0 Å². The first-order chi connectivity index (χ1) is 3.31. The molecule has 0 aliphatic rings. The van der Waals surface area contributed by atoms with E-state index in [2.05, 4.69) is 4.85 Å². The van der Waals surface area contributed by atoms with E-state index in [0.29, 0.717) is 0 Å². The summed E-state index contributed by atoms with van der Waals surface area (Å²) in [6, 6.07) is 0. The highest BCUT2D eigenvalue weighted by Gasteiger charge is 1.76. The molecule has 0 aromatic heterocycles. The van der Waals surface area contributed by atoms with E-state index in [1.807, 2.05) is 13.8 Å². The molecule has 0 radical (unpaired) electrons. The molecule has 0 bridgehead atoms. The maximum absolute atomic E-state index is 6.38. The van der Waals surface area contributed by atoms with Gasteiger partial charge in [0.15, 0.2) is 6.20 Å². The normalized spacial score (nSPS) is 10.7. The fraction of sp³-hybridized carbons (Fsp3) is 0.500. The van der Waals surface area contributed by atoms with Crippen molar-refractivity contribution in [3.05, 3.63) is 23.2 Å². The molecule has 0 aromatic carbocycles. The third-order valence-corrected chi connectivity index (χ3v) is 0.843. The lowest BCUT2D eigenvalue weighted by Gasteiger charge is -1.84. The molecule has 0 aliphatic heterocycles. The van der Waals surface area contributed by atoms with Gasteiger partial charge in [-0.2, -0.15) is 0 Å². The lowest BCUT2D eigenvalue weighted by atomic mass is 10.3. The zero-order valence-corrected chi connectivity index (χ0v) is 4.73. The van der Waals surface area contributed by atoms with E-state index < -0.39 is 0 Å². The number of hydrogen-bond donors (Lipinski definition) is 0. The van der Waals surface area contributed by atoms with Gasteiger partial charge in [-0.25, -0.2) is 4.85 Å². The van der Waals surface area contributed by atoms with Crippen LogP contribution >= 0.6 is 0 Å². The number of hydrogen-bond acceptors (Lipinski definition) is 0. The summed E-state index contributed by atoms with van der Waals surface area (Å²) in [7, 11) is 0. The average molecular weight is 95.1 g/mol. The Labute approximate surface area is 44.5 Å². The minimum atomic E-state index is 0.988. The smallest absolute Gasteiger partial charge is 0.153 e. The first-order valence-electron chi connectivity index (χ1n) is 2.33. The highest BCUT2D eigenvalue weighted by molar-refractivity contribution is 5.01. The average Bonchev–Trinajstić information content (AvgIpc) is 1.68. The zero-order valence-electron chi connectivity index (χ0n) is 4.73. The monoisotopic (exact) mass is 95.1 g/mol. The Bertz CT molecular complexity index is 106. The van der Waals surface area contributed by atoms with Crippen molar-refractivity contribution in [1.82, 2.24) is 0 Å². The second-order valence-corrected chi connectivity index (χ2v) is 1.46. The highest BCUT2D eigenvalue weighted by Crippen LogP contribution is 1.95.